The fourth-order valence-corrected chi connectivity index (χ4v) is 5.90. The molecule has 2 aliphatic rings. The van der Waals surface area contributed by atoms with Crippen molar-refractivity contribution in [2.24, 2.45) is 5.10 Å². The SMILES string of the molecule is O=C(COc1ccc(/C=N\NC(=O)CN(c2ccc(F)cc2)S(=O)(=O)c2ccc3c(c2)OCCO3)cc1)NC[C@@H]1CCCO1. The first-order chi connectivity index (χ1) is 21.3. The number of carbonyl (C=O) groups excluding carboxylic acids is 2. The van der Waals surface area contributed by atoms with Crippen molar-refractivity contribution in [2.45, 2.75) is 23.8 Å². The number of ether oxygens (including phenoxy) is 4. The first-order valence-electron chi connectivity index (χ1n) is 13.9. The van der Waals surface area contributed by atoms with Crippen LogP contribution in [0.4, 0.5) is 10.1 Å². The number of halogens is 1. The molecule has 232 valence electrons. The predicted octanol–water partition coefficient (Wildman–Crippen LogP) is 2.62. The highest BCUT2D eigenvalue weighted by molar-refractivity contribution is 7.92. The molecule has 2 amide bonds. The maximum Gasteiger partial charge on any atom is 0.264 e. The topological polar surface area (TPSA) is 145 Å². The number of nitrogens with one attached hydrogen (secondary N) is 2. The Morgan fingerprint density at radius 1 is 0.977 bits per heavy atom. The highest BCUT2D eigenvalue weighted by atomic mass is 32.2. The third kappa shape index (κ3) is 8.02. The van der Waals surface area contributed by atoms with Crippen molar-refractivity contribution in [3.63, 3.8) is 0 Å². The van der Waals surface area contributed by atoms with E-state index in [9.17, 15) is 22.4 Å². The van der Waals surface area contributed by atoms with Crippen LogP contribution in [0.3, 0.4) is 0 Å². The van der Waals surface area contributed by atoms with Crippen molar-refractivity contribution < 1.29 is 41.3 Å². The second-order valence-electron chi connectivity index (χ2n) is 9.88. The van der Waals surface area contributed by atoms with Gasteiger partial charge in [0.2, 0.25) is 0 Å². The lowest BCUT2D eigenvalue weighted by molar-refractivity contribution is -0.123. The standard InChI is InChI=1S/C30H31FN4O8S/c31-22-5-7-23(8-6-22)35(44(38,39)26-11-12-27-28(16-26)42-15-14-41-27)19-29(36)34-33-17-21-3-9-24(10-4-21)43-20-30(37)32-18-25-2-1-13-40-25/h3-12,16-17,25H,1-2,13-15,18-20H2,(H,32,37)(H,34,36)/b33-17-/t25-/m0/s1. The van der Waals surface area contributed by atoms with E-state index in [2.05, 4.69) is 15.8 Å². The molecule has 3 aromatic carbocycles. The second kappa shape index (κ2) is 14.2. The van der Waals surface area contributed by atoms with E-state index >= 15 is 0 Å². The molecule has 0 unspecified atom stereocenters. The second-order valence-corrected chi connectivity index (χ2v) is 11.7. The van der Waals surface area contributed by atoms with Crippen LogP contribution in [0.25, 0.3) is 0 Å². The highest BCUT2D eigenvalue weighted by Crippen LogP contribution is 2.34. The van der Waals surface area contributed by atoms with Crippen molar-refractivity contribution in [3.8, 4) is 17.2 Å². The summed E-state index contributed by atoms with van der Waals surface area (Å²) in [5.41, 5.74) is 3.01. The number of hydrogen-bond donors (Lipinski definition) is 2. The zero-order valence-corrected chi connectivity index (χ0v) is 24.4. The van der Waals surface area contributed by atoms with Gasteiger partial charge in [0.1, 0.15) is 31.3 Å². The fraction of sp³-hybridized carbons (Fsp3) is 0.300. The molecule has 0 radical (unpaired) electrons. The number of hydrogen-bond acceptors (Lipinski definition) is 9. The van der Waals surface area contributed by atoms with Crippen LogP contribution in [0.5, 0.6) is 17.2 Å². The summed E-state index contributed by atoms with van der Waals surface area (Å²) in [5, 5.41) is 6.70. The van der Waals surface area contributed by atoms with E-state index in [4.69, 9.17) is 18.9 Å². The van der Waals surface area contributed by atoms with Gasteiger partial charge in [0.15, 0.2) is 18.1 Å². The van der Waals surface area contributed by atoms with Gasteiger partial charge in [-0.3, -0.25) is 13.9 Å². The average molecular weight is 627 g/mol. The number of benzene rings is 3. The normalized spacial score (nSPS) is 16.0. The molecule has 12 nitrogen and oxygen atoms in total. The summed E-state index contributed by atoms with van der Waals surface area (Å²) in [6, 6.07) is 15.5. The summed E-state index contributed by atoms with van der Waals surface area (Å²) in [7, 11) is -4.28. The number of sulfonamides is 1. The molecule has 2 aliphatic heterocycles. The third-order valence-corrected chi connectivity index (χ3v) is 8.48. The molecule has 2 N–H and O–H groups in total. The van der Waals surface area contributed by atoms with Crippen LogP contribution in [0.2, 0.25) is 0 Å². The molecule has 44 heavy (non-hydrogen) atoms. The Kier molecular flexibility index (Phi) is 9.92. The van der Waals surface area contributed by atoms with Crippen molar-refractivity contribution >= 4 is 33.7 Å². The van der Waals surface area contributed by atoms with Gasteiger partial charge in [-0.2, -0.15) is 5.10 Å². The molecule has 0 spiro atoms. The molecule has 0 bridgehead atoms. The van der Waals surface area contributed by atoms with Crippen molar-refractivity contribution in [2.75, 3.05) is 43.8 Å². The molecule has 5 rings (SSSR count). The smallest absolute Gasteiger partial charge is 0.264 e. The first kappa shape index (κ1) is 30.8. The van der Waals surface area contributed by atoms with Gasteiger partial charge in [-0.1, -0.05) is 0 Å². The number of fused-ring (bicyclic) bond motifs is 1. The van der Waals surface area contributed by atoms with E-state index in [1.54, 1.807) is 24.3 Å². The highest BCUT2D eigenvalue weighted by Gasteiger charge is 2.29. The van der Waals surface area contributed by atoms with Crippen LogP contribution < -0.4 is 29.3 Å². The third-order valence-electron chi connectivity index (χ3n) is 6.71. The maximum absolute atomic E-state index is 13.6. The Bertz CT molecular complexity index is 1590. The summed E-state index contributed by atoms with van der Waals surface area (Å²) >= 11 is 0. The van der Waals surface area contributed by atoms with Crippen molar-refractivity contribution in [1.82, 2.24) is 10.7 Å². The molecular weight excluding hydrogens is 595 g/mol. The minimum atomic E-state index is -4.28. The molecule has 1 fully saturated rings. The van der Waals surface area contributed by atoms with Crippen LogP contribution >= 0.6 is 0 Å². The van der Waals surface area contributed by atoms with E-state index in [0.29, 0.717) is 30.2 Å². The molecule has 0 aliphatic carbocycles. The Morgan fingerprint density at radius 2 is 1.73 bits per heavy atom. The summed E-state index contributed by atoms with van der Waals surface area (Å²) < 4.78 is 63.7. The minimum Gasteiger partial charge on any atom is -0.486 e. The van der Waals surface area contributed by atoms with Crippen LogP contribution in [0, 0.1) is 5.82 Å². The molecule has 1 saturated heterocycles. The van der Waals surface area contributed by atoms with Gasteiger partial charge < -0.3 is 24.3 Å². The Labute approximate surface area is 253 Å². The van der Waals surface area contributed by atoms with Crippen molar-refractivity contribution in [1.29, 1.82) is 0 Å². The number of carbonyl (C=O) groups is 2. The average Bonchev–Trinajstić information content (AvgIpc) is 3.56. The van der Waals surface area contributed by atoms with E-state index in [-0.39, 0.29) is 41.6 Å². The number of amides is 2. The molecule has 0 aromatic heterocycles. The fourth-order valence-electron chi connectivity index (χ4n) is 4.46. The summed E-state index contributed by atoms with van der Waals surface area (Å²) in [4.78, 5) is 24.7. The van der Waals surface area contributed by atoms with Gasteiger partial charge in [0.25, 0.3) is 21.8 Å². The molecule has 0 saturated carbocycles. The maximum atomic E-state index is 13.6. The van der Waals surface area contributed by atoms with Gasteiger partial charge in [0, 0.05) is 19.2 Å². The minimum absolute atomic E-state index is 0.0492. The van der Waals surface area contributed by atoms with Crippen molar-refractivity contribution in [3.05, 3.63) is 78.1 Å². The van der Waals surface area contributed by atoms with Crippen LogP contribution in [-0.4, -0.2) is 72.1 Å². The first-order valence-corrected chi connectivity index (χ1v) is 15.3. The zero-order valence-electron chi connectivity index (χ0n) is 23.6. The van der Waals surface area contributed by atoms with E-state index in [0.717, 1.165) is 35.9 Å². The lowest BCUT2D eigenvalue weighted by Crippen LogP contribution is -2.39. The van der Waals surface area contributed by atoms with E-state index in [1.165, 1.54) is 36.5 Å². The van der Waals surface area contributed by atoms with Gasteiger partial charge in [0.05, 0.1) is 22.9 Å². The van der Waals surface area contributed by atoms with Crippen LogP contribution in [0.1, 0.15) is 18.4 Å². The van der Waals surface area contributed by atoms with Gasteiger partial charge in [-0.15, -0.1) is 0 Å². The molecule has 3 aromatic rings. The molecule has 14 heteroatoms. The monoisotopic (exact) mass is 626 g/mol. The molecular formula is C30H31FN4O8S. The Balaban J connectivity index is 1.18. The van der Waals surface area contributed by atoms with Crippen LogP contribution in [0.15, 0.2) is 76.7 Å². The van der Waals surface area contributed by atoms with Crippen LogP contribution in [-0.2, 0) is 24.3 Å². The molecule has 1 atom stereocenters. The Hall–Kier alpha value is -4.69. The lowest BCUT2D eigenvalue weighted by atomic mass is 10.2. The van der Waals surface area contributed by atoms with Gasteiger partial charge in [-0.25, -0.2) is 18.2 Å². The number of hydrazone groups is 1. The van der Waals surface area contributed by atoms with E-state index in [1.807, 2.05) is 0 Å². The van der Waals surface area contributed by atoms with Gasteiger partial charge >= 0.3 is 0 Å². The largest absolute Gasteiger partial charge is 0.486 e. The quantitative estimate of drug-likeness (QED) is 0.231. The summed E-state index contributed by atoms with van der Waals surface area (Å²) in [5.74, 6) is -0.406. The zero-order chi connectivity index (χ0) is 30.9. The predicted molar refractivity (Wildman–Crippen MR) is 158 cm³/mol. The number of anilines is 1. The number of nitrogens with zero attached hydrogens (tertiary/aromatic N) is 2. The van der Waals surface area contributed by atoms with E-state index < -0.39 is 28.3 Å². The summed E-state index contributed by atoms with van der Waals surface area (Å²) in [6.07, 6.45) is 3.34. The number of rotatable bonds is 12. The summed E-state index contributed by atoms with van der Waals surface area (Å²) in [6.45, 7) is 0.999. The van der Waals surface area contributed by atoms with Gasteiger partial charge in [-0.05, 0) is 79.1 Å². The lowest BCUT2D eigenvalue weighted by Gasteiger charge is -2.25. The Morgan fingerprint density at radius 3 is 2.45 bits per heavy atom. The molecule has 2 heterocycles.